The monoisotopic (exact) mass is 328 g/mol. The number of ether oxygens (including phenoxy) is 1. The fourth-order valence-corrected chi connectivity index (χ4v) is 3.42. The number of carbonyl (C=O) groups is 1. The number of benzene rings is 1. The summed E-state index contributed by atoms with van der Waals surface area (Å²) in [6, 6.07) is 6.63. The summed E-state index contributed by atoms with van der Waals surface area (Å²) in [7, 11) is 3.34. The summed E-state index contributed by atoms with van der Waals surface area (Å²) < 4.78 is 6.58. The van der Waals surface area contributed by atoms with Gasteiger partial charge < -0.3 is 9.64 Å². The third kappa shape index (κ3) is 3.33. The second-order valence-corrected chi connectivity index (χ2v) is 6.57. The number of nitrogens with zero attached hydrogens (tertiary/aromatic N) is 4. The van der Waals surface area contributed by atoms with Gasteiger partial charge in [0.1, 0.15) is 6.61 Å². The summed E-state index contributed by atoms with van der Waals surface area (Å²) in [6.07, 6.45) is 0.984. The molecule has 1 aliphatic heterocycles. The smallest absolute Gasteiger partial charge is 0.291 e. The van der Waals surface area contributed by atoms with Gasteiger partial charge in [0, 0.05) is 33.2 Å². The molecule has 2 heterocycles. The Kier molecular flexibility index (Phi) is 4.66. The van der Waals surface area contributed by atoms with Gasteiger partial charge >= 0.3 is 0 Å². The van der Waals surface area contributed by atoms with Crippen molar-refractivity contribution in [3.05, 3.63) is 46.5 Å². The number of carbonyl (C=O) groups excluding carboxylic acids is 1. The molecule has 0 radical (unpaired) electrons. The zero-order chi connectivity index (χ0) is 17.3. The first-order chi connectivity index (χ1) is 11.5. The Labute approximate surface area is 142 Å². The van der Waals surface area contributed by atoms with Crippen LogP contribution >= 0.6 is 0 Å². The van der Waals surface area contributed by atoms with Crippen LogP contribution in [0.15, 0.2) is 18.2 Å². The van der Waals surface area contributed by atoms with E-state index in [1.807, 2.05) is 4.90 Å². The molecular formula is C18H24N4O2. The molecule has 0 spiro atoms. The zero-order valence-corrected chi connectivity index (χ0v) is 14.7. The molecule has 6 heteroatoms. The zero-order valence-electron chi connectivity index (χ0n) is 14.7. The molecule has 6 nitrogen and oxygen atoms in total. The highest BCUT2D eigenvalue weighted by Gasteiger charge is 2.30. The Morgan fingerprint density at radius 2 is 2.00 bits per heavy atom. The molecule has 1 aromatic carbocycles. The SMILES string of the molecule is COCc1nc(C(=O)N2CCC(c3cc(C)cc(C)c3)C2)n(C)n1. The van der Waals surface area contributed by atoms with Crippen molar-refractivity contribution in [2.45, 2.75) is 32.8 Å². The highest BCUT2D eigenvalue weighted by Crippen LogP contribution is 2.29. The van der Waals surface area contributed by atoms with E-state index >= 15 is 0 Å². The molecule has 1 amide bonds. The van der Waals surface area contributed by atoms with Crippen LogP contribution < -0.4 is 0 Å². The van der Waals surface area contributed by atoms with Crippen LogP contribution in [0.2, 0.25) is 0 Å². The van der Waals surface area contributed by atoms with Crippen molar-refractivity contribution in [1.82, 2.24) is 19.7 Å². The molecule has 3 rings (SSSR count). The predicted molar refractivity (Wildman–Crippen MR) is 90.9 cm³/mol. The first kappa shape index (κ1) is 16.6. The first-order valence-corrected chi connectivity index (χ1v) is 8.24. The van der Waals surface area contributed by atoms with E-state index in [9.17, 15) is 4.79 Å². The lowest BCUT2D eigenvalue weighted by Crippen LogP contribution is -2.30. The third-order valence-corrected chi connectivity index (χ3v) is 4.46. The average molecular weight is 328 g/mol. The van der Waals surface area contributed by atoms with E-state index in [2.05, 4.69) is 42.1 Å². The van der Waals surface area contributed by atoms with Crippen LogP contribution in [0.1, 0.15) is 45.5 Å². The standard InChI is InChI=1S/C18H24N4O2/c1-12-7-13(2)9-15(8-12)14-5-6-22(10-14)18(23)17-19-16(11-24-4)20-21(17)3/h7-9,14H,5-6,10-11H2,1-4H3. The molecule has 1 atom stereocenters. The Morgan fingerprint density at radius 3 is 2.67 bits per heavy atom. The molecule has 0 bridgehead atoms. The summed E-state index contributed by atoms with van der Waals surface area (Å²) in [4.78, 5) is 18.9. The van der Waals surface area contributed by atoms with E-state index in [1.165, 1.54) is 16.7 Å². The number of likely N-dealkylation sites (tertiary alicyclic amines) is 1. The second kappa shape index (κ2) is 6.73. The number of aryl methyl sites for hydroxylation is 3. The van der Waals surface area contributed by atoms with Crippen LogP contribution in [0.4, 0.5) is 0 Å². The number of rotatable bonds is 4. The summed E-state index contributed by atoms with van der Waals surface area (Å²) in [5.74, 6) is 1.25. The Balaban J connectivity index is 1.74. The first-order valence-electron chi connectivity index (χ1n) is 8.24. The van der Waals surface area contributed by atoms with Crippen molar-refractivity contribution in [2.75, 3.05) is 20.2 Å². The number of methoxy groups -OCH3 is 1. The fourth-order valence-electron chi connectivity index (χ4n) is 3.42. The van der Waals surface area contributed by atoms with E-state index in [-0.39, 0.29) is 5.91 Å². The van der Waals surface area contributed by atoms with Gasteiger partial charge in [0.25, 0.3) is 5.91 Å². The van der Waals surface area contributed by atoms with Crippen LogP contribution in [-0.2, 0) is 18.4 Å². The summed E-state index contributed by atoms with van der Waals surface area (Å²) in [5.41, 5.74) is 3.86. The minimum Gasteiger partial charge on any atom is -0.377 e. The molecule has 0 aliphatic carbocycles. The summed E-state index contributed by atoms with van der Waals surface area (Å²) in [6.45, 7) is 6.03. The maximum absolute atomic E-state index is 12.8. The largest absolute Gasteiger partial charge is 0.377 e. The highest BCUT2D eigenvalue weighted by molar-refractivity contribution is 5.91. The van der Waals surface area contributed by atoms with Gasteiger partial charge in [-0.3, -0.25) is 4.79 Å². The molecule has 1 aromatic heterocycles. The fraction of sp³-hybridized carbons (Fsp3) is 0.500. The Morgan fingerprint density at radius 1 is 1.29 bits per heavy atom. The van der Waals surface area contributed by atoms with Crippen molar-refractivity contribution in [1.29, 1.82) is 0 Å². The van der Waals surface area contributed by atoms with Crippen LogP contribution in [0.25, 0.3) is 0 Å². The van der Waals surface area contributed by atoms with E-state index in [0.717, 1.165) is 19.5 Å². The molecule has 1 aliphatic rings. The number of hydrogen-bond acceptors (Lipinski definition) is 4. The van der Waals surface area contributed by atoms with E-state index in [4.69, 9.17) is 4.74 Å². The van der Waals surface area contributed by atoms with E-state index in [0.29, 0.717) is 24.2 Å². The van der Waals surface area contributed by atoms with Crippen molar-refractivity contribution in [3.63, 3.8) is 0 Å². The molecule has 1 fully saturated rings. The van der Waals surface area contributed by atoms with Gasteiger partial charge in [-0.1, -0.05) is 29.3 Å². The topological polar surface area (TPSA) is 60.2 Å². The quantitative estimate of drug-likeness (QED) is 0.863. The van der Waals surface area contributed by atoms with E-state index < -0.39 is 0 Å². The average Bonchev–Trinajstić information content (AvgIpc) is 3.13. The van der Waals surface area contributed by atoms with Gasteiger partial charge in [-0.15, -0.1) is 0 Å². The third-order valence-electron chi connectivity index (χ3n) is 4.46. The van der Waals surface area contributed by atoms with Gasteiger partial charge in [0.2, 0.25) is 5.82 Å². The van der Waals surface area contributed by atoms with Crippen molar-refractivity contribution >= 4 is 5.91 Å². The van der Waals surface area contributed by atoms with Gasteiger partial charge in [0.15, 0.2) is 5.82 Å². The molecule has 24 heavy (non-hydrogen) atoms. The molecule has 1 unspecified atom stereocenters. The van der Waals surface area contributed by atoms with E-state index in [1.54, 1.807) is 18.8 Å². The number of aromatic nitrogens is 3. The van der Waals surface area contributed by atoms with Gasteiger partial charge in [-0.2, -0.15) is 5.10 Å². The van der Waals surface area contributed by atoms with Crippen molar-refractivity contribution < 1.29 is 9.53 Å². The molecule has 2 aromatic rings. The number of amides is 1. The molecule has 128 valence electrons. The van der Waals surface area contributed by atoms with Gasteiger partial charge in [0.05, 0.1) is 0 Å². The minimum atomic E-state index is -0.0563. The summed E-state index contributed by atoms with van der Waals surface area (Å²) in [5, 5.41) is 4.23. The van der Waals surface area contributed by atoms with Crippen LogP contribution in [0, 0.1) is 13.8 Å². The van der Waals surface area contributed by atoms with Crippen LogP contribution in [0.3, 0.4) is 0 Å². The molecule has 1 saturated heterocycles. The maximum Gasteiger partial charge on any atom is 0.291 e. The number of hydrogen-bond donors (Lipinski definition) is 0. The van der Waals surface area contributed by atoms with Gasteiger partial charge in [-0.05, 0) is 25.8 Å². The molecule has 0 saturated carbocycles. The predicted octanol–water partition coefficient (Wildman–Crippen LogP) is 2.21. The lowest BCUT2D eigenvalue weighted by atomic mass is 9.95. The Bertz CT molecular complexity index is 733. The lowest BCUT2D eigenvalue weighted by Gasteiger charge is -2.16. The van der Waals surface area contributed by atoms with Crippen LogP contribution in [-0.4, -0.2) is 45.8 Å². The minimum absolute atomic E-state index is 0.0563. The maximum atomic E-state index is 12.8. The molecule has 0 N–H and O–H groups in total. The summed E-state index contributed by atoms with van der Waals surface area (Å²) >= 11 is 0. The Hall–Kier alpha value is -2.21. The molecular weight excluding hydrogens is 304 g/mol. The van der Waals surface area contributed by atoms with Crippen LogP contribution in [0.5, 0.6) is 0 Å². The van der Waals surface area contributed by atoms with Crippen molar-refractivity contribution in [3.8, 4) is 0 Å². The second-order valence-electron chi connectivity index (χ2n) is 6.57. The van der Waals surface area contributed by atoms with Crippen molar-refractivity contribution in [2.24, 2.45) is 7.05 Å². The lowest BCUT2D eigenvalue weighted by molar-refractivity contribution is 0.0773. The highest BCUT2D eigenvalue weighted by atomic mass is 16.5. The normalized spacial score (nSPS) is 17.5. The van der Waals surface area contributed by atoms with Gasteiger partial charge in [-0.25, -0.2) is 9.67 Å².